The molecule has 7 heteroatoms. The lowest BCUT2D eigenvalue weighted by Gasteiger charge is -2.11. The van der Waals surface area contributed by atoms with Crippen LogP contribution in [0.15, 0.2) is 36.4 Å². The number of carbonyl (C=O) groups is 2. The van der Waals surface area contributed by atoms with E-state index in [9.17, 15) is 9.59 Å². The Kier molecular flexibility index (Phi) is 7.55. The first kappa shape index (κ1) is 20.6. The number of carbonyl (C=O) groups excluding carboxylic acids is 2. The summed E-state index contributed by atoms with van der Waals surface area (Å²) in [6.45, 7) is 4.02. The number of hydrogen-bond acceptors (Lipinski definition) is 5. The van der Waals surface area contributed by atoms with Gasteiger partial charge < -0.3 is 20.1 Å². The van der Waals surface area contributed by atoms with Gasteiger partial charge in [0.05, 0.1) is 31.4 Å². The van der Waals surface area contributed by atoms with Crippen molar-refractivity contribution >= 4 is 35.0 Å². The molecule has 0 aliphatic rings. The van der Waals surface area contributed by atoms with Gasteiger partial charge in [0.15, 0.2) is 0 Å². The molecule has 0 atom stereocenters. The van der Waals surface area contributed by atoms with Crippen LogP contribution >= 0.6 is 11.8 Å². The average Bonchev–Trinajstić information content (AvgIpc) is 2.64. The summed E-state index contributed by atoms with van der Waals surface area (Å²) in [4.78, 5) is 24.2. The number of amides is 2. The van der Waals surface area contributed by atoms with Gasteiger partial charge in [-0.2, -0.15) is 0 Å². The fraction of sp³-hybridized carbons (Fsp3) is 0.300. The number of hydrogen-bond donors (Lipinski definition) is 2. The fourth-order valence-electron chi connectivity index (χ4n) is 2.35. The van der Waals surface area contributed by atoms with Crippen molar-refractivity contribution in [2.75, 3.05) is 36.4 Å². The summed E-state index contributed by atoms with van der Waals surface area (Å²) in [5.41, 5.74) is 3.58. The van der Waals surface area contributed by atoms with Crippen LogP contribution < -0.4 is 20.1 Å². The number of anilines is 2. The Labute approximate surface area is 163 Å². The summed E-state index contributed by atoms with van der Waals surface area (Å²) >= 11 is 1.24. The Morgan fingerprint density at radius 2 is 1.59 bits per heavy atom. The van der Waals surface area contributed by atoms with Crippen molar-refractivity contribution in [3.05, 3.63) is 47.5 Å². The van der Waals surface area contributed by atoms with Gasteiger partial charge in [-0.15, -0.1) is 11.8 Å². The molecule has 0 radical (unpaired) electrons. The first-order valence-corrected chi connectivity index (χ1v) is 9.55. The first-order chi connectivity index (χ1) is 12.9. The van der Waals surface area contributed by atoms with Crippen molar-refractivity contribution < 1.29 is 19.1 Å². The molecular weight excluding hydrogens is 364 g/mol. The molecule has 0 aliphatic carbocycles. The quantitative estimate of drug-likeness (QED) is 0.722. The van der Waals surface area contributed by atoms with Crippen molar-refractivity contribution in [3.8, 4) is 11.5 Å². The van der Waals surface area contributed by atoms with E-state index in [1.807, 2.05) is 32.0 Å². The molecule has 0 unspecified atom stereocenters. The van der Waals surface area contributed by atoms with E-state index in [4.69, 9.17) is 9.47 Å². The van der Waals surface area contributed by atoms with E-state index >= 15 is 0 Å². The van der Waals surface area contributed by atoms with E-state index in [0.29, 0.717) is 17.2 Å². The Morgan fingerprint density at radius 1 is 0.889 bits per heavy atom. The van der Waals surface area contributed by atoms with Crippen LogP contribution in [0, 0.1) is 13.8 Å². The summed E-state index contributed by atoms with van der Waals surface area (Å²) < 4.78 is 10.4. The smallest absolute Gasteiger partial charge is 0.234 e. The second kappa shape index (κ2) is 9.87. The van der Waals surface area contributed by atoms with Gasteiger partial charge in [0.2, 0.25) is 11.8 Å². The number of benzene rings is 2. The van der Waals surface area contributed by atoms with Crippen LogP contribution in [0.25, 0.3) is 0 Å². The molecule has 2 N–H and O–H groups in total. The molecule has 6 nitrogen and oxygen atoms in total. The van der Waals surface area contributed by atoms with E-state index in [2.05, 4.69) is 10.6 Å². The van der Waals surface area contributed by atoms with E-state index in [1.54, 1.807) is 25.3 Å². The summed E-state index contributed by atoms with van der Waals surface area (Å²) in [6.07, 6.45) is 0. The molecule has 2 amide bonds. The maximum atomic E-state index is 12.1. The summed E-state index contributed by atoms with van der Waals surface area (Å²) in [7, 11) is 3.08. The SMILES string of the molecule is COc1ccc(OC)c(NC(=O)CSCC(=O)Nc2ccc(C)c(C)c2)c1. The minimum absolute atomic E-state index is 0.144. The second-order valence-corrected chi connectivity index (χ2v) is 6.94. The zero-order chi connectivity index (χ0) is 19.8. The van der Waals surface area contributed by atoms with Crippen LogP contribution in [-0.2, 0) is 9.59 Å². The number of thioether (sulfide) groups is 1. The van der Waals surface area contributed by atoms with E-state index in [1.165, 1.54) is 24.4 Å². The molecular formula is C20H24N2O4S. The Morgan fingerprint density at radius 3 is 2.22 bits per heavy atom. The van der Waals surface area contributed by atoms with Crippen molar-refractivity contribution in [2.45, 2.75) is 13.8 Å². The zero-order valence-electron chi connectivity index (χ0n) is 15.9. The van der Waals surface area contributed by atoms with Gasteiger partial charge >= 0.3 is 0 Å². The lowest BCUT2D eigenvalue weighted by molar-refractivity contribution is -0.114. The molecule has 27 heavy (non-hydrogen) atoms. The van der Waals surface area contributed by atoms with Crippen LogP contribution in [0.5, 0.6) is 11.5 Å². The molecule has 0 bridgehead atoms. The molecule has 0 saturated carbocycles. The summed E-state index contributed by atoms with van der Waals surface area (Å²) in [5, 5.41) is 5.62. The van der Waals surface area contributed by atoms with Crippen molar-refractivity contribution in [1.29, 1.82) is 0 Å². The summed E-state index contributed by atoms with van der Waals surface area (Å²) in [5.74, 6) is 1.14. The highest BCUT2D eigenvalue weighted by molar-refractivity contribution is 8.00. The third-order valence-electron chi connectivity index (χ3n) is 3.94. The van der Waals surface area contributed by atoms with Crippen molar-refractivity contribution in [3.63, 3.8) is 0 Å². The highest BCUT2D eigenvalue weighted by Gasteiger charge is 2.11. The minimum atomic E-state index is -0.217. The van der Waals surface area contributed by atoms with E-state index in [-0.39, 0.29) is 23.3 Å². The number of nitrogens with one attached hydrogen (secondary N) is 2. The van der Waals surface area contributed by atoms with Crippen LogP contribution in [0.4, 0.5) is 11.4 Å². The fourth-order valence-corrected chi connectivity index (χ4v) is 2.97. The van der Waals surface area contributed by atoms with Gasteiger partial charge in [0, 0.05) is 11.8 Å². The number of rotatable bonds is 8. The van der Waals surface area contributed by atoms with Crippen LogP contribution in [0.1, 0.15) is 11.1 Å². The summed E-state index contributed by atoms with van der Waals surface area (Å²) in [6, 6.07) is 10.9. The lowest BCUT2D eigenvalue weighted by atomic mass is 10.1. The first-order valence-electron chi connectivity index (χ1n) is 8.39. The van der Waals surface area contributed by atoms with Gasteiger partial charge in [-0.3, -0.25) is 9.59 Å². The predicted octanol–water partition coefficient (Wildman–Crippen LogP) is 3.63. The second-order valence-electron chi connectivity index (χ2n) is 5.95. The molecule has 2 rings (SSSR count). The maximum Gasteiger partial charge on any atom is 0.234 e. The zero-order valence-corrected chi connectivity index (χ0v) is 16.7. The monoisotopic (exact) mass is 388 g/mol. The molecule has 0 heterocycles. The highest BCUT2D eigenvalue weighted by atomic mass is 32.2. The van der Waals surface area contributed by atoms with Gasteiger partial charge in [0.25, 0.3) is 0 Å². The standard InChI is InChI=1S/C20H24N2O4S/c1-13-5-6-15(9-14(13)2)21-19(23)11-27-12-20(24)22-17-10-16(25-3)7-8-18(17)26-4/h5-10H,11-12H2,1-4H3,(H,21,23)(H,22,24). The van der Waals surface area contributed by atoms with Crippen molar-refractivity contribution in [1.82, 2.24) is 0 Å². The normalized spacial score (nSPS) is 10.2. The molecule has 144 valence electrons. The molecule has 2 aromatic carbocycles. The maximum absolute atomic E-state index is 12.1. The van der Waals surface area contributed by atoms with E-state index in [0.717, 1.165) is 11.3 Å². The highest BCUT2D eigenvalue weighted by Crippen LogP contribution is 2.29. The van der Waals surface area contributed by atoms with Gasteiger partial charge in [-0.05, 0) is 49.2 Å². The van der Waals surface area contributed by atoms with Crippen LogP contribution in [0.3, 0.4) is 0 Å². The lowest BCUT2D eigenvalue weighted by Crippen LogP contribution is -2.18. The molecule has 0 spiro atoms. The topological polar surface area (TPSA) is 76.7 Å². The Hall–Kier alpha value is -2.67. The van der Waals surface area contributed by atoms with Crippen molar-refractivity contribution in [2.24, 2.45) is 0 Å². The van der Waals surface area contributed by atoms with Gasteiger partial charge in [0.1, 0.15) is 11.5 Å². The Balaban J connectivity index is 1.82. The van der Waals surface area contributed by atoms with E-state index < -0.39 is 0 Å². The number of aryl methyl sites for hydroxylation is 2. The number of ether oxygens (including phenoxy) is 2. The van der Waals surface area contributed by atoms with Crippen LogP contribution in [-0.4, -0.2) is 37.5 Å². The third-order valence-corrected chi connectivity index (χ3v) is 4.87. The van der Waals surface area contributed by atoms with Crippen LogP contribution in [0.2, 0.25) is 0 Å². The largest absolute Gasteiger partial charge is 0.497 e. The van der Waals surface area contributed by atoms with Gasteiger partial charge in [-0.25, -0.2) is 0 Å². The minimum Gasteiger partial charge on any atom is -0.497 e. The predicted molar refractivity (Wildman–Crippen MR) is 110 cm³/mol. The Bertz CT molecular complexity index is 824. The molecule has 0 aliphatic heterocycles. The molecule has 0 saturated heterocycles. The third kappa shape index (κ3) is 6.21. The number of methoxy groups -OCH3 is 2. The molecule has 2 aromatic rings. The van der Waals surface area contributed by atoms with Gasteiger partial charge in [-0.1, -0.05) is 6.07 Å². The molecule has 0 fully saturated rings. The average molecular weight is 388 g/mol. The molecule has 0 aromatic heterocycles.